The average molecular weight is 310 g/mol. The van der Waals surface area contributed by atoms with Gasteiger partial charge < -0.3 is 5.11 Å². The maximum absolute atomic E-state index is 11.3. The third-order valence-electron chi connectivity index (χ3n) is 4.40. The third kappa shape index (κ3) is 3.83. The number of carboxylic acids is 1. The molecule has 0 aliphatic carbocycles. The number of carbonyl (C=O) groups is 1. The molecule has 0 spiro atoms. The van der Waals surface area contributed by atoms with Crippen molar-refractivity contribution in [1.82, 2.24) is 9.88 Å². The number of likely N-dealkylation sites (tertiary alicyclic amines) is 1. The summed E-state index contributed by atoms with van der Waals surface area (Å²) in [4.78, 5) is 18.8. The molecule has 0 aromatic carbocycles. The van der Waals surface area contributed by atoms with Crippen molar-refractivity contribution in [3.05, 3.63) is 15.6 Å². The zero-order chi connectivity index (χ0) is 15.6. The molecule has 0 amide bonds. The van der Waals surface area contributed by atoms with Crippen LogP contribution < -0.4 is 0 Å². The quantitative estimate of drug-likeness (QED) is 0.899. The molecule has 1 fully saturated rings. The number of rotatable bonds is 5. The van der Waals surface area contributed by atoms with Crippen LogP contribution in [0.5, 0.6) is 0 Å². The predicted octanol–water partition coefficient (Wildman–Crippen LogP) is 3.77. The van der Waals surface area contributed by atoms with Crippen LogP contribution in [0, 0.1) is 0 Å². The van der Waals surface area contributed by atoms with Crippen LogP contribution in [-0.2, 0) is 6.42 Å². The minimum Gasteiger partial charge on any atom is -0.477 e. The van der Waals surface area contributed by atoms with Gasteiger partial charge in [0.25, 0.3) is 0 Å². The summed E-state index contributed by atoms with van der Waals surface area (Å²) in [5.74, 6) is -0.684. The van der Waals surface area contributed by atoms with Gasteiger partial charge in [-0.15, -0.1) is 11.3 Å². The van der Waals surface area contributed by atoms with Gasteiger partial charge in [0, 0.05) is 25.0 Å². The molecular formula is C16H26N2O2S. The monoisotopic (exact) mass is 310 g/mol. The van der Waals surface area contributed by atoms with Crippen molar-refractivity contribution in [3.63, 3.8) is 0 Å². The van der Waals surface area contributed by atoms with Crippen LogP contribution in [-0.4, -0.2) is 39.6 Å². The van der Waals surface area contributed by atoms with Crippen molar-refractivity contribution >= 4 is 17.3 Å². The largest absolute Gasteiger partial charge is 0.477 e. The predicted molar refractivity (Wildman–Crippen MR) is 86.3 cm³/mol. The van der Waals surface area contributed by atoms with Gasteiger partial charge in [0.15, 0.2) is 0 Å². The number of thiazole rings is 1. The first-order valence-corrected chi connectivity index (χ1v) is 8.70. The molecule has 1 aromatic rings. The molecule has 1 saturated heterocycles. The number of hydrogen-bond donors (Lipinski definition) is 1. The molecule has 1 N–H and O–H groups in total. The molecular weight excluding hydrogens is 284 g/mol. The van der Waals surface area contributed by atoms with Crippen molar-refractivity contribution in [1.29, 1.82) is 0 Å². The van der Waals surface area contributed by atoms with Gasteiger partial charge in [0.05, 0.1) is 10.7 Å². The van der Waals surface area contributed by atoms with Crippen LogP contribution in [0.25, 0.3) is 0 Å². The summed E-state index contributed by atoms with van der Waals surface area (Å²) in [6.07, 6.45) is 4.70. The topological polar surface area (TPSA) is 53.4 Å². The molecule has 4 nitrogen and oxygen atoms in total. The highest BCUT2D eigenvalue weighted by Gasteiger charge is 2.25. The van der Waals surface area contributed by atoms with Gasteiger partial charge in [0.2, 0.25) is 0 Å². The van der Waals surface area contributed by atoms with Crippen LogP contribution in [0.4, 0.5) is 0 Å². The minimum atomic E-state index is -0.845. The molecule has 0 bridgehead atoms. The van der Waals surface area contributed by atoms with Crippen LogP contribution >= 0.6 is 11.3 Å². The molecule has 5 heteroatoms. The molecule has 1 aliphatic rings. The molecule has 0 saturated carbocycles. The van der Waals surface area contributed by atoms with Gasteiger partial charge in [-0.1, -0.05) is 20.3 Å². The normalized spacial score (nSPS) is 23.7. The highest BCUT2D eigenvalue weighted by Crippen LogP contribution is 2.27. The number of aromatic carboxylic acids is 1. The molecule has 2 unspecified atom stereocenters. The molecule has 2 heterocycles. The average Bonchev–Trinajstić information content (AvgIpc) is 2.83. The molecule has 21 heavy (non-hydrogen) atoms. The SMILES string of the molecule is CC(C)c1nc(CCN2C(C)CCCC2C)sc1C(=O)O. The van der Waals surface area contributed by atoms with E-state index in [1.165, 1.54) is 30.6 Å². The third-order valence-corrected chi connectivity index (χ3v) is 5.52. The van der Waals surface area contributed by atoms with E-state index in [2.05, 4.69) is 23.7 Å². The first-order valence-electron chi connectivity index (χ1n) is 7.88. The Morgan fingerprint density at radius 3 is 2.48 bits per heavy atom. The lowest BCUT2D eigenvalue weighted by Crippen LogP contribution is -2.44. The van der Waals surface area contributed by atoms with E-state index in [4.69, 9.17) is 0 Å². The van der Waals surface area contributed by atoms with Crippen LogP contribution in [0.15, 0.2) is 0 Å². The summed E-state index contributed by atoms with van der Waals surface area (Å²) < 4.78 is 0. The van der Waals surface area contributed by atoms with E-state index in [-0.39, 0.29) is 5.92 Å². The van der Waals surface area contributed by atoms with Gasteiger partial charge in [-0.05, 0) is 32.6 Å². The fourth-order valence-electron chi connectivity index (χ4n) is 3.17. The Kier molecular flexibility index (Phi) is 5.38. The summed E-state index contributed by atoms with van der Waals surface area (Å²) in [6, 6.07) is 1.24. The van der Waals surface area contributed by atoms with Crippen LogP contribution in [0.1, 0.15) is 73.2 Å². The Morgan fingerprint density at radius 2 is 2.00 bits per heavy atom. The summed E-state index contributed by atoms with van der Waals surface area (Å²) in [6.45, 7) is 9.56. The van der Waals surface area contributed by atoms with Crippen molar-refractivity contribution in [2.45, 2.75) is 71.4 Å². The highest BCUT2D eigenvalue weighted by atomic mass is 32.1. The fourth-order valence-corrected chi connectivity index (χ4v) is 4.22. The first kappa shape index (κ1) is 16.4. The summed E-state index contributed by atoms with van der Waals surface area (Å²) >= 11 is 1.35. The summed E-state index contributed by atoms with van der Waals surface area (Å²) in [5.41, 5.74) is 0.738. The number of piperidine rings is 1. The van der Waals surface area contributed by atoms with Gasteiger partial charge in [-0.2, -0.15) is 0 Å². The second-order valence-corrected chi connectivity index (χ2v) is 7.48. The van der Waals surface area contributed by atoms with Crippen molar-refractivity contribution < 1.29 is 9.90 Å². The number of aromatic nitrogens is 1. The summed E-state index contributed by atoms with van der Waals surface area (Å²) in [5, 5.41) is 10.2. The zero-order valence-electron chi connectivity index (χ0n) is 13.4. The zero-order valence-corrected chi connectivity index (χ0v) is 14.2. The lowest BCUT2D eigenvalue weighted by Gasteiger charge is -2.38. The van der Waals surface area contributed by atoms with E-state index in [9.17, 15) is 9.90 Å². The fraction of sp³-hybridized carbons (Fsp3) is 0.750. The lowest BCUT2D eigenvalue weighted by molar-refractivity contribution is 0.0700. The van der Waals surface area contributed by atoms with Crippen LogP contribution in [0.2, 0.25) is 0 Å². The molecule has 1 aromatic heterocycles. The van der Waals surface area contributed by atoms with E-state index in [1.54, 1.807) is 0 Å². The molecule has 0 radical (unpaired) electrons. The van der Waals surface area contributed by atoms with Crippen molar-refractivity contribution in [2.75, 3.05) is 6.54 Å². The molecule has 118 valence electrons. The second-order valence-electron chi connectivity index (χ2n) is 6.40. The number of nitrogens with zero attached hydrogens (tertiary/aromatic N) is 2. The maximum Gasteiger partial charge on any atom is 0.347 e. The Labute approximate surface area is 131 Å². The van der Waals surface area contributed by atoms with E-state index in [0.29, 0.717) is 17.0 Å². The van der Waals surface area contributed by atoms with Gasteiger partial charge in [-0.3, -0.25) is 4.90 Å². The van der Waals surface area contributed by atoms with Crippen LogP contribution in [0.3, 0.4) is 0 Å². The van der Waals surface area contributed by atoms with E-state index < -0.39 is 5.97 Å². The van der Waals surface area contributed by atoms with Gasteiger partial charge in [0.1, 0.15) is 4.88 Å². The Morgan fingerprint density at radius 1 is 1.38 bits per heavy atom. The van der Waals surface area contributed by atoms with E-state index in [0.717, 1.165) is 23.7 Å². The van der Waals surface area contributed by atoms with E-state index >= 15 is 0 Å². The standard InChI is InChI=1S/C16H26N2O2S/c1-10(2)14-15(16(19)20)21-13(17-14)8-9-18-11(3)6-5-7-12(18)4/h10-12H,5-9H2,1-4H3,(H,19,20). The Balaban J connectivity index is 2.06. The maximum atomic E-state index is 11.3. The van der Waals surface area contributed by atoms with E-state index in [1.807, 2.05) is 13.8 Å². The number of hydrogen-bond acceptors (Lipinski definition) is 4. The Bertz CT molecular complexity index is 488. The van der Waals surface area contributed by atoms with Crippen molar-refractivity contribution in [2.24, 2.45) is 0 Å². The molecule has 2 atom stereocenters. The lowest BCUT2D eigenvalue weighted by atomic mass is 9.97. The second kappa shape index (κ2) is 6.88. The van der Waals surface area contributed by atoms with Gasteiger partial charge >= 0.3 is 5.97 Å². The van der Waals surface area contributed by atoms with Crippen molar-refractivity contribution in [3.8, 4) is 0 Å². The first-order chi connectivity index (χ1) is 9.90. The highest BCUT2D eigenvalue weighted by molar-refractivity contribution is 7.13. The minimum absolute atomic E-state index is 0.161. The number of carboxylic acid groups (broad SMARTS) is 1. The Hall–Kier alpha value is -0.940. The smallest absolute Gasteiger partial charge is 0.347 e. The van der Waals surface area contributed by atoms with Gasteiger partial charge in [-0.25, -0.2) is 9.78 Å². The molecule has 2 rings (SSSR count). The molecule has 1 aliphatic heterocycles. The summed E-state index contributed by atoms with van der Waals surface area (Å²) in [7, 11) is 0.